The molecule has 0 N–H and O–H groups in total. The van der Waals surface area contributed by atoms with Gasteiger partial charge in [0, 0.05) is 6.54 Å². The van der Waals surface area contributed by atoms with Crippen molar-refractivity contribution in [2.45, 2.75) is 20.4 Å². The number of carbonyl (C=O) groups excluding carboxylic acids is 2. The zero-order chi connectivity index (χ0) is 19.1. The molecule has 1 aromatic carbocycles. The lowest BCUT2D eigenvalue weighted by molar-refractivity contribution is -0.144. The van der Waals surface area contributed by atoms with Gasteiger partial charge in [0.15, 0.2) is 0 Å². The number of para-hydroxylation sites is 1. The molecule has 0 amide bonds. The van der Waals surface area contributed by atoms with E-state index in [4.69, 9.17) is 9.47 Å². The summed E-state index contributed by atoms with van der Waals surface area (Å²) in [5.74, 6) is -1.40. The largest absolute Gasteiger partial charge is 0.465 e. The number of esters is 2. The number of nitrogens with zero attached hydrogens (tertiary/aromatic N) is 3. The van der Waals surface area contributed by atoms with Crippen molar-refractivity contribution in [2.24, 2.45) is 0 Å². The lowest BCUT2D eigenvalue weighted by Crippen LogP contribution is -2.29. The van der Waals surface area contributed by atoms with Gasteiger partial charge in [-0.1, -0.05) is 12.1 Å². The van der Waals surface area contributed by atoms with E-state index >= 15 is 0 Å². The molecule has 0 bridgehead atoms. The SMILES string of the molecule is CCOC(=O)CN(C)Cc1c(C(=O)OCC)cnn1-c1ccccc1F. The van der Waals surface area contributed by atoms with Crippen LogP contribution in [0.3, 0.4) is 0 Å². The summed E-state index contributed by atoms with van der Waals surface area (Å²) in [6.45, 7) is 4.13. The molecule has 0 saturated carbocycles. The maximum Gasteiger partial charge on any atom is 0.341 e. The highest BCUT2D eigenvalue weighted by molar-refractivity contribution is 5.90. The first-order valence-electron chi connectivity index (χ1n) is 8.31. The van der Waals surface area contributed by atoms with E-state index in [-0.39, 0.29) is 43.5 Å². The van der Waals surface area contributed by atoms with Gasteiger partial charge in [-0.05, 0) is 33.0 Å². The molecule has 7 nitrogen and oxygen atoms in total. The third-order valence-electron chi connectivity index (χ3n) is 3.57. The highest BCUT2D eigenvalue weighted by Gasteiger charge is 2.22. The second-order valence-electron chi connectivity index (χ2n) is 5.57. The summed E-state index contributed by atoms with van der Waals surface area (Å²) >= 11 is 0. The minimum absolute atomic E-state index is 0.0263. The molecule has 140 valence electrons. The molecular weight excluding hydrogens is 341 g/mol. The second kappa shape index (κ2) is 9.10. The van der Waals surface area contributed by atoms with E-state index in [1.54, 1.807) is 44.0 Å². The van der Waals surface area contributed by atoms with Gasteiger partial charge in [0.1, 0.15) is 17.1 Å². The minimum Gasteiger partial charge on any atom is -0.465 e. The maximum atomic E-state index is 14.2. The van der Waals surface area contributed by atoms with Crippen molar-refractivity contribution in [1.82, 2.24) is 14.7 Å². The number of halogens is 1. The molecular formula is C18H22FN3O4. The molecule has 0 spiro atoms. The van der Waals surface area contributed by atoms with Crippen LogP contribution in [-0.2, 0) is 20.8 Å². The third kappa shape index (κ3) is 4.66. The molecule has 0 aliphatic carbocycles. The van der Waals surface area contributed by atoms with Crippen LogP contribution in [0.2, 0.25) is 0 Å². The number of hydrogen-bond donors (Lipinski definition) is 0. The van der Waals surface area contributed by atoms with Gasteiger partial charge in [-0.25, -0.2) is 13.9 Å². The van der Waals surface area contributed by atoms with Crippen LogP contribution in [-0.4, -0.2) is 53.4 Å². The smallest absolute Gasteiger partial charge is 0.341 e. The van der Waals surface area contributed by atoms with Crippen molar-refractivity contribution in [3.8, 4) is 5.69 Å². The van der Waals surface area contributed by atoms with Crippen LogP contribution < -0.4 is 0 Å². The quantitative estimate of drug-likeness (QED) is 0.670. The van der Waals surface area contributed by atoms with E-state index in [0.29, 0.717) is 5.69 Å². The summed E-state index contributed by atoms with van der Waals surface area (Å²) in [5.41, 5.74) is 0.869. The fourth-order valence-electron chi connectivity index (χ4n) is 2.47. The summed E-state index contributed by atoms with van der Waals surface area (Å²) < 4.78 is 25.5. The highest BCUT2D eigenvalue weighted by Crippen LogP contribution is 2.20. The molecule has 2 aromatic rings. The Hall–Kier alpha value is -2.74. The zero-order valence-electron chi connectivity index (χ0n) is 15.1. The maximum absolute atomic E-state index is 14.2. The Labute approximate surface area is 151 Å². The fraction of sp³-hybridized carbons (Fsp3) is 0.389. The van der Waals surface area contributed by atoms with Crippen LogP contribution in [0.25, 0.3) is 5.69 Å². The minimum atomic E-state index is -0.547. The highest BCUT2D eigenvalue weighted by atomic mass is 19.1. The standard InChI is InChI=1S/C18H22FN3O4/c1-4-25-17(23)12-21(3)11-16-13(18(24)26-5-2)10-20-22(16)15-9-7-6-8-14(15)19/h6-10H,4-5,11-12H2,1-3H3. The van der Waals surface area contributed by atoms with Crippen molar-refractivity contribution in [1.29, 1.82) is 0 Å². The number of rotatable bonds is 8. The Morgan fingerprint density at radius 2 is 1.88 bits per heavy atom. The summed E-state index contributed by atoms with van der Waals surface area (Å²) in [6.07, 6.45) is 1.35. The van der Waals surface area contributed by atoms with Crippen molar-refractivity contribution in [3.05, 3.63) is 47.5 Å². The number of likely N-dealkylation sites (N-methyl/N-ethyl adjacent to an activating group) is 1. The van der Waals surface area contributed by atoms with Crippen molar-refractivity contribution < 1.29 is 23.5 Å². The Morgan fingerprint density at radius 1 is 1.19 bits per heavy atom. The first kappa shape index (κ1) is 19.6. The second-order valence-corrected chi connectivity index (χ2v) is 5.57. The molecule has 0 unspecified atom stereocenters. The molecule has 1 heterocycles. The van der Waals surface area contributed by atoms with Gasteiger partial charge in [0.2, 0.25) is 0 Å². The van der Waals surface area contributed by atoms with Crippen molar-refractivity contribution in [3.63, 3.8) is 0 Å². The zero-order valence-corrected chi connectivity index (χ0v) is 15.1. The monoisotopic (exact) mass is 363 g/mol. The van der Waals surface area contributed by atoms with Crippen LogP contribution in [0.15, 0.2) is 30.5 Å². The summed E-state index contributed by atoms with van der Waals surface area (Å²) in [5, 5.41) is 4.15. The molecule has 0 atom stereocenters. The van der Waals surface area contributed by atoms with Crippen LogP contribution >= 0.6 is 0 Å². The summed E-state index contributed by atoms with van der Waals surface area (Å²) in [4.78, 5) is 25.6. The van der Waals surface area contributed by atoms with E-state index in [1.807, 2.05) is 0 Å². The Bertz CT molecular complexity index is 776. The van der Waals surface area contributed by atoms with Crippen LogP contribution in [0.5, 0.6) is 0 Å². The lowest BCUT2D eigenvalue weighted by atomic mass is 10.2. The molecule has 0 radical (unpaired) electrons. The van der Waals surface area contributed by atoms with Crippen molar-refractivity contribution in [2.75, 3.05) is 26.8 Å². The lowest BCUT2D eigenvalue weighted by Gasteiger charge is -2.18. The number of carbonyl (C=O) groups is 2. The molecule has 8 heteroatoms. The predicted molar refractivity (Wildman–Crippen MR) is 92.4 cm³/mol. The van der Waals surface area contributed by atoms with Crippen LogP contribution in [0.4, 0.5) is 4.39 Å². The molecule has 1 aromatic heterocycles. The number of ether oxygens (including phenoxy) is 2. The van der Waals surface area contributed by atoms with E-state index in [2.05, 4.69) is 5.10 Å². The first-order valence-corrected chi connectivity index (χ1v) is 8.31. The molecule has 26 heavy (non-hydrogen) atoms. The fourth-order valence-corrected chi connectivity index (χ4v) is 2.47. The number of aromatic nitrogens is 2. The van der Waals surface area contributed by atoms with Gasteiger partial charge in [-0.3, -0.25) is 9.69 Å². The van der Waals surface area contributed by atoms with Gasteiger partial charge < -0.3 is 9.47 Å². The van der Waals surface area contributed by atoms with E-state index in [0.717, 1.165) is 0 Å². The summed E-state index contributed by atoms with van der Waals surface area (Å²) in [7, 11) is 1.70. The summed E-state index contributed by atoms with van der Waals surface area (Å²) in [6, 6.07) is 6.12. The molecule has 0 fully saturated rings. The molecule has 2 rings (SSSR count). The Balaban J connectivity index is 2.36. The predicted octanol–water partition coefficient (Wildman–Crippen LogP) is 2.18. The average molecular weight is 363 g/mol. The van der Waals surface area contributed by atoms with Gasteiger partial charge in [0.05, 0.1) is 31.6 Å². The topological polar surface area (TPSA) is 73.7 Å². The number of hydrogen-bond acceptors (Lipinski definition) is 6. The van der Waals surface area contributed by atoms with Gasteiger partial charge >= 0.3 is 11.9 Å². The first-order chi connectivity index (χ1) is 12.5. The Morgan fingerprint density at radius 3 is 2.54 bits per heavy atom. The van der Waals surface area contributed by atoms with Gasteiger partial charge in [-0.15, -0.1) is 0 Å². The molecule has 0 aliphatic heterocycles. The normalized spacial score (nSPS) is 10.8. The molecule has 0 aliphatic rings. The van der Waals surface area contributed by atoms with Gasteiger partial charge in [-0.2, -0.15) is 5.10 Å². The third-order valence-corrected chi connectivity index (χ3v) is 3.57. The Kier molecular flexibility index (Phi) is 6.85. The van der Waals surface area contributed by atoms with E-state index < -0.39 is 11.8 Å². The van der Waals surface area contributed by atoms with Crippen LogP contribution in [0, 0.1) is 5.82 Å². The van der Waals surface area contributed by atoms with Crippen molar-refractivity contribution >= 4 is 11.9 Å². The molecule has 0 saturated heterocycles. The average Bonchev–Trinajstić information content (AvgIpc) is 2.99. The van der Waals surface area contributed by atoms with E-state index in [9.17, 15) is 14.0 Å². The number of benzene rings is 1. The van der Waals surface area contributed by atoms with Crippen LogP contribution in [0.1, 0.15) is 29.9 Å². The van der Waals surface area contributed by atoms with E-state index in [1.165, 1.54) is 16.9 Å². The van der Waals surface area contributed by atoms with Gasteiger partial charge in [0.25, 0.3) is 0 Å².